The van der Waals surface area contributed by atoms with Gasteiger partial charge in [-0.2, -0.15) is 0 Å². The predicted octanol–water partition coefficient (Wildman–Crippen LogP) is 3.37. The minimum atomic E-state index is -0.883. The van der Waals surface area contributed by atoms with Gasteiger partial charge in [-0.1, -0.05) is 30.8 Å². The summed E-state index contributed by atoms with van der Waals surface area (Å²) in [6.07, 6.45) is 2.53. The molecule has 0 aliphatic carbocycles. The molecule has 112 valence electrons. The average molecular weight is 308 g/mol. The minimum Gasteiger partial charge on any atom is -0.481 e. The van der Waals surface area contributed by atoms with E-state index in [1.165, 1.54) is 23.9 Å². The van der Waals surface area contributed by atoms with Crippen molar-refractivity contribution >= 4 is 17.7 Å². The number of carboxylic acids is 1. The summed E-state index contributed by atoms with van der Waals surface area (Å²) in [5.41, 5.74) is 1.83. The van der Waals surface area contributed by atoms with Crippen molar-refractivity contribution in [3.05, 3.63) is 47.5 Å². The van der Waals surface area contributed by atoms with Crippen LogP contribution in [-0.4, -0.2) is 26.4 Å². The molecular formula is C15H17FN2O2S. The lowest BCUT2D eigenvalue weighted by molar-refractivity contribution is -0.133. The summed E-state index contributed by atoms with van der Waals surface area (Å²) in [6, 6.07) is 6.34. The van der Waals surface area contributed by atoms with Crippen molar-refractivity contribution in [3.8, 4) is 0 Å². The summed E-state index contributed by atoms with van der Waals surface area (Å²) < 4.78 is 15.4. The number of thioether (sulfide) groups is 1. The van der Waals surface area contributed by atoms with Gasteiger partial charge in [0, 0.05) is 11.9 Å². The number of rotatable bonds is 6. The summed E-state index contributed by atoms with van der Waals surface area (Å²) in [5, 5.41) is 9.46. The highest BCUT2D eigenvalue weighted by molar-refractivity contribution is 7.99. The lowest BCUT2D eigenvalue weighted by Crippen LogP contribution is -2.12. The van der Waals surface area contributed by atoms with Gasteiger partial charge >= 0.3 is 5.97 Å². The average Bonchev–Trinajstić information content (AvgIpc) is 2.87. The standard InChI is InChI=1S/C15H17FN2O2S/c1-3-13-8-17-15(21-9-14(19)20)18(13)10(2)11-5-4-6-12(16)7-11/h4-8,10H,3,9H2,1-2H3,(H,19,20). The van der Waals surface area contributed by atoms with Crippen LogP contribution in [0.1, 0.15) is 31.1 Å². The molecule has 0 fully saturated rings. The highest BCUT2D eigenvalue weighted by Gasteiger charge is 2.17. The number of benzene rings is 1. The highest BCUT2D eigenvalue weighted by atomic mass is 32.2. The molecule has 0 amide bonds. The van der Waals surface area contributed by atoms with Crippen LogP contribution < -0.4 is 0 Å². The van der Waals surface area contributed by atoms with Crippen molar-refractivity contribution in [2.75, 3.05) is 5.75 Å². The van der Waals surface area contributed by atoms with Gasteiger partial charge in [-0.3, -0.25) is 4.79 Å². The van der Waals surface area contributed by atoms with Gasteiger partial charge in [-0.25, -0.2) is 9.37 Å². The minimum absolute atomic E-state index is 0.0456. The third kappa shape index (κ3) is 3.64. The van der Waals surface area contributed by atoms with Crippen molar-refractivity contribution in [2.24, 2.45) is 0 Å². The number of hydrogen-bond donors (Lipinski definition) is 1. The summed E-state index contributed by atoms with van der Waals surface area (Å²) >= 11 is 1.18. The second-order valence-electron chi connectivity index (χ2n) is 4.67. The first kappa shape index (κ1) is 15.6. The third-order valence-corrected chi connectivity index (χ3v) is 4.20. The summed E-state index contributed by atoms with van der Waals surface area (Å²) in [7, 11) is 0. The van der Waals surface area contributed by atoms with E-state index < -0.39 is 5.97 Å². The number of carbonyl (C=O) groups is 1. The molecule has 0 spiro atoms. The fourth-order valence-corrected chi connectivity index (χ4v) is 3.00. The Balaban J connectivity index is 2.36. The Bertz CT molecular complexity index is 642. The van der Waals surface area contributed by atoms with Crippen LogP contribution in [0.3, 0.4) is 0 Å². The number of aliphatic carboxylic acids is 1. The van der Waals surface area contributed by atoms with Gasteiger partial charge in [0.25, 0.3) is 0 Å². The quantitative estimate of drug-likeness (QED) is 0.831. The molecule has 0 saturated heterocycles. The van der Waals surface area contributed by atoms with E-state index in [2.05, 4.69) is 4.98 Å². The molecule has 21 heavy (non-hydrogen) atoms. The number of halogens is 1. The molecule has 1 aromatic heterocycles. The Morgan fingerprint density at radius 3 is 2.90 bits per heavy atom. The Morgan fingerprint density at radius 2 is 2.29 bits per heavy atom. The van der Waals surface area contributed by atoms with Gasteiger partial charge in [0.1, 0.15) is 5.82 Å². The zero-order chi connectivity index (χ0) is 15.4. The van der Waals surface area contributed by atoms with Gasteiger partial charge in [0.05, 0.1) is 11.8 Å². The molecule has 0 radical (unpaired) electrons. The number of aromatic nitrogens is 2. The molecule has 6 heteroatoms. The van der Waals surface area contributed by atoms with E-state index in [1.807, 2.05) is 24.5 Å². The van der Waals surface area contributed by atoms with Crippen LogP contribution >= 0.6 is 11.8 Å². The third-order valence-electron chi connectivity index (χ3n) is 3.24. The fourth-order valence-electron chi connectivity index (χ4n) is 2.20. The number of nitrogens with zero attached hydrogens (tertiary/aromatic N) is 2. The van der Waals surface area contributed by atoms with Crippen molar-refractivity contribution in [2.45, 2.75) is 31.5 Å². The first-order valence-corrected chi connectivity index (χ1v) is 7.67. The Morgan fingerprint density at radius 1 is 1.52 bits per heavy atom. The normalized spacial score (nSPS) is 12.3. The van der Waals surface area contributed by atoms with Crippen LogP contribution in [0.25, 0.3) is 0 Å². The van der Waals surface area contributed by atoms with Crippen LogP contribution in [0.2, 0.25) is 0 Å². The molecule has 1 unspecified atom stereocenters. The first-order chi connectivity index (χ1) is 10.0. The zero-order valence-electron chi connectivity index (χ0n) is 11.9. The molecular weight excluding hydrogens is 291 g/mol. The van der Waals surface area contributed by atoms with Crippen LogP contribution in [-0.2, 0) is 11.2 Å². The van der Waals surface area contributed by atoms with E-state index in [0.717, 1.165) is 17.7 Å². The van der Waals surface area contributed by atoms with Crippen LogP contribution in [0, 0.1) is 5.82 Å². The van der Waals surface area contributed by atoms with Crippen molar-refractivity contribution < 1.29 is 14.3 Å². The van der Waals surface area contributed by atoms with Gasteiger partial charge in [-0.15, -0.1) is 0 Å². The second-order valence-corrected chi connectivity index (χ2v) is 5.61. The smallest absolute Gasteiger partial charge is 0.313 e. The molecule has 1 atom stereocenters. The van der Waals surface area contributed by atoms with Crippen LogP contribution in [0.4, 0.5) is 4.39 Å². The maximum Gasteiger partial charge on any atom is 0.313 e. The zero-order valence-corrected chi connectivity index (χ0v) is 12.7. The Labute approximate surface area is 127 Å². The monoisotopic (exact) mass is 308 g/mol. The maximum absolute atomic E-state index is 13.4. The van der Waals surface area contributed by atoms with Gasteiger partial charge < -0.3 is 9.67 Å². The largest absolute Gasteiger partial charge is 0.481 e. The Kier molecular flexibility index (Phi) is 5.01. The molecule has 1 N–H and O–H groups in total. The second kappa shape index (κ2) is 6.76. The number of hydrogen-bond acceptors (Lipinski definition) is 3. The fraction of sp³-hybridized carbons (Fsp3) is 0.333. The van der Waals surface area contributed by atoms with Gasteiger partial charge in [-0.05, 0) is 31.0 Å². The molecule has 0 aliphatic heterocycles. The topological polar surface area (TPSA) is 55.1 Å². The molecule has 0 saturated carbocycles. The number of aryl methyl sites for hydroxylation is 1. The molecule has 4 nitrogen and oxygen atoms in total. The van der Waals surface area contributed by atoms with Crippen molar-refractivity contribution in [3.63, 3.8) is 0 Å². The summed E-state index contributed by atoms with van der Waals surface area (Å²) in [6.45, 7) is 3.97. The summed E-state index contributed by atoms with van der Waals surface area (Å²) in [5.74, 6) is -1.21. The van der Waals surface area contributed by atoms with Crippen molar-refractivity contribution in [1.29, 1.82) is 0 Å². The maximum atomic E-state index is 13.4. The number of carboxylic acid groups (broad SMARTS) is 1. The summed E-state index contributed by atoms with van der Waals surface area (Å²) in [4.78, 5) is 15.0. The lowest BCUT2D eigenvalue weighted by atomic mass is 10.1. The van der Waals surface area contributed by atoms with E-state index >= 15 is 0 Å². The molecule has 0 aliphatic rings. The van der Waals surface area contributed by atoms with E-state index in [-0.39, 0.29) is 17.6 Å². The van der Waals surface area contributed by atoms with E-state index in [1.54, 1.807) is 12.3 Å². The Hall–Kier alpha value is -1.82. The first-order valence-electron chi connectivity index (χ1n) is 6.69. The molecule has 2 aromatic rings. The van der Waals surface area contributed by atoms with Gasteiger partial charge in [0.2, 0.25) is 0 Å². The SMILES string of the molecule is CCc1cnc(SCC(=O)O)n1C(C)c1cccc(F)c1. The molecule has 1 aromatic carbocycles. The number of imidazole rings is 1. The lowest BCUT2D eigenvalue weighted by Gasteiger charge is -2.19. The predicted molar refractivity (Wildman–Crippen MR) is 80.2 cm³/mol. The van der Waals surface area contributed by atoms with Gasteiger partial charge in [0.15, 0.2) is 5.16 Å². The van der Waals surface area contributed by atoms with Crippen molar-refractivity contribution in [1.82, 2.24) is 9.55 Å². The molecule has 0 bridgehead atoms. The molecule has 2 rings (SSSR count). The highest BCUT2D eigenvalue weighted by Crippen LogP contribution is 2.28. The molecule has 1 heterocycles. The van der Waals surface area contributed by atoms with Crippen LogP contribution in [0.5, 0.6) is 0 Å². The van der Waals surface area contributed by atoms with E-state index in [9.17, 15) is 9.18 Å². The van der Waals surface area contributed by atoms with E-state index in [4.69, 9.17) is 5.11 Å². The van der Waals surface area contributed by atoms with Crippen LogP contribution in [0.15, 0.2) is 35.6 Å². The van der Waals surface area contributed by atoms with E-state index in [0.29, 0.717) is 5.16 Å².